The van der Waals surface area contributed by atoms with Gasteiger partial charge in [0.05, 0.1) is 18.3 Å². The van der Waals surface area contributed by atoms with E-state index in [2.05, 4.69) is 49.9 Å². The fraction of sp³-hybridized carbons (Fsp3) is 0.536. The van der Waals surface area contributed by atoms with Gasteiger partial charge in [0.25, 0.3) is 0 Å². The van der Waals surface area contributed by atoms with Gasteiger partial charge in [0, 0.05) is 10.6 Å². The van der Waals surface area contributed by atoms with E-state index in [-0.39, 0.29) is 24.4 Å². The summed E-state index contributed by atoms with van der Waals surface area (Å²) in [6, 6.07) is 8.25. The molecule has 2 amide bonds. The Labute approximate surface area is 219 Å². The van der Waals surface area contributed by atoms with Crippen molar-refractivity contribution in [2.24, 2.45) is 0 Å². The molecule has 8 heteroatoms. The molecular formula is C28H37BN2O4S. The van der Waals surface area contributed by atoms with E-state index in [9.17, 15) is 4.79 Å². The molecule has 2 N–H and O–H groups in total. The van der Waals surface area contributed by atoms with Crippen molar-refractivity contribution in [3.8, 4) is 5.75 Å². The number of rotatable bonds is 7. The normalized spacial score (nSPS) is 19.2. The van der Waals surface area contributed by atoms with Gasteiger partial charge in [-0.1, -0.05) is 12.1 Å². The molecule has 1 saturated heterocycles. The first-order chi connectivity index (χ1) is 17.2. The van der Waals surface area contributed by atoms with E-state index in [1.165, 1.54) is 47.0 Å². The molecule has 0 saturated carbocycles. The maximum atomic E-state index is 12.9. The molecular weight excluding hydrogens is 471 g/mol. The van der Waals surface area contributed by atoms with Gasteiger partial charge in [-0.05, 0) is 131 Å². The summed E-state index contributed by atoms with van der Waals surface area (Å²) in [7, 11) is 1.44. The summed E-state index contributed by atoms with van der Waals surface area (Å²) in [5, 5.41) is 3.19. The second-order valence-corrected chi connectivity index (χ2v) is 12.0. The molecule has 0 atom stereocenters. The number of methoxy groups -OCH3 is 1. The Kier molecular flexibility index (Phi) is 7.05. The Morgan fingerprint density at radius 3 is 2.25 bits per heavy atom. The highest BCUT2D eigenvalue weighted by molar-refractivity contribution is 7.98. The molecule has 0 spiro atoms. The average Bonchev–Trinajstić information content (AvgIpc) is 3.54. The van der Waals surface area contributed by atoms with Crippen molar-refractivity contribution >= 4 is 30.8 Å². The second kappa shape index (κ2) is 9.95. The van der Waals surface area contributed by atoms with Crippen molar-refractivity contribution < 1.29 is 18.8 Å². The number of fused-ring (bicyclic) bond motifs is 2. The first-order valence-electron chi connectivity index (χ1n) is 13.1. The second-order valence-electron chi connectivity index (χ2n) is 11.1. The monoisotopic (exact) mass is 508 g/mol. The lowest BCUT2D eigenvalue weighted by atomic mass is 9.81. The molecule has 0 radical (unpaired) electrons. The van der Waals surface area contributed by atoms with Crippen LogP contribution in [0, 0.1) is 0 Å². The predicted molar refractivity (Wildman–Crippen MR) is 146 cm³/mol. The molecule has 0 unspecified atom stereocenters. The summed E-state index contributed by atoms with van der Waals surface area (Å²) in [5.74, 6) is 0.803. The summed E-state index contributed by atoms with van der Waals surface area (Å²) in [6.45, 7) is 8.28. The van der Waals surface area contributed by atoms with Gasteiger partial charge in [-0.25, -0.2) is 4.79 Å². The van der Waals surface area contributed by atoms with Crippen LogP contribution in [-0.2, 0) is 41.4 Å². The van der Waals surface area contributed by atoms with Gasteiger partial charge in [0.15, 0.2) is 0 Å². The SMILES string of the molecule is COc1cc(SNC(=O)Nc2c3c(cc4c2CCC4)CCC3)ccc1CCB1OC(C)(C)C(C)(C)O1. The van der Waals surface area contributed by atoms with Crippen LogP contribution < -0.4 is 14.8 Å². The minimum atomic E-state index is -0.325. The highest BCUT2D eigenvalue weighted by Gasteiger charge is 2.50. The molecule has 1 heterocycles. The summed E-state index contributed by atoms with van der Waals surface area (Å²) < 4.78 is 20.9. The van der Waals surface area contributed by atoms with Crippen LogP contribution in [0.4, 0.5) is 10.5 Å². The number of amides is 2. The molecule has 2 aromatic rings. The predicted octanol–water partition coefficient (Wildman–Crippen LogP) is 6.14. The van der Waals surface area contributed by atoms with Gasteiger partial charge in [0.2, 0.25) is 0 Å². The van der Waals surface area contributed by atoms with Crippen molar-refractivity contribution in [2.75, 3.05) is 12.4 Å². The average molecular weight is 508 g/mol. The van der Waals surface area contributed by atoms with Crippen LogP contribution in [0.1, 0.15) is 68.4 Å². The molecule has 192 valence electrons. The molecule has 6 nitrogen and oxygen atoms in total. The van der Waals surface area contributed by atoms with Crippen LogP contribution in [0.2, 0.25) is 6.32 Å². The smallest absolute Gasteiger partial charge is 0.458 e. The van der Waals surface area contributed by atoms with E-state index >= 15 is 0 Å². The number of hydrogen-bond donors (Lipinski definition) is 2. The Morgan fingerprint density at radius 1 is 1.00 bits per heavy atom. The largest absolute Gasteiger partial charge is 0.496 e. The quantitative estimate of drug-likeness (QED) is 0.348. The maximum absolute atomic E-state index is 12.9. The van der Waals surface area contributed by atoms with Gasteiger partial charge in [0.1, 0.15) is 5.75 Å². The van der Waals surface area contributed by atoms with Crippen LogP contribution in [0.15, 0.2) is 29.2 Å². The van der Waals surface area contributed by atoms with Crippen molar-refractivity contribution in [3.05, 3.63) is 52.1 Å². The van der Waals surface area contributed by atoms with E-state index < -0.39 is 0 Å². The fourth-order valence-corrected chi connectivity index (χ4v) is 6.13. The van der Waals surface area contributed by atoms with Gasteiger partial charge >= 0.3 is 13.1 Å². The number of urea groups is 1. The Hall–Kier alpha value is -2.16. The molecule has 2 aliphatic carbocycles. The zero-order chi connectivity index (χ0) is 25.5. The van der Waals surface area contributed by atoms with Gasteiger partial charge in [-0.15, -0.1) is 0 Å². The number of aryl methyl sites for hydroxylation is 3. The zero-order valence-corrected chi connectivity index (χ0v) is 22.9. The van der Waals surface area contributed by atoms with Gasteiger partial charge in [-0.2, -0.15) is 0 Å². The van der Waals surface area contributed by atoms with E-state index in [0.717, 1.165) is 60.3 Å². The first kappa shape index (κ1) is 25.5. The summed E-state index contributed by atoms with van der Waals surface area (Å²) in [5.41, 5.74) is 7.01. The zero-order valence-electron chi connectivity index (χ0n) is 22.1. The van der Waals surface area contributed by atoms with Crippen LogP contribution in [0.25, 0.3) is 0 Å². The Balaban J connectivity index is 1.19. The van der Waals surface area contributed by atoms with Crippen molar-refractivity contribution in [3.63, 3.8) is 0 Å². The summed E-state index contributed by atoms with van der Waals surface area (Å²) in [6.07, 6.45) is 8.22. The lowest BCUT2D eigenvalue weighted by Crippen LogP contribution is -2.41. The fourth-order valence-electron chi connectivity index (χ4n) is 5.56. The van der Waals surface area contributed by atoms with Gasteiger partial charge < -0.3 is 19.4 Å². The first-order valence-corrected chi connectivity index (χ1v) is 13.9. The standard InChI is InChI=1S/C28H37BN2O4S/c1-27(2)28(3,4)35-29(34-27)15-14-18-12-13-21(17-24(18)33-5)36-31-26(32)30-25-22-10-6-8-19(22)16-20-9-7-11-23(20)25/h12-13,16-17H,6-11,14-15H2,1-5H3,(H2,30,31,32). The molecule has 1 fully saturated rings. The molecule has 36 heavy (non-hydrogen) atoms. The molecule has 5 rings (SSSR count). The van der Waals surface area contributed by atoms with Crippen LogP contribution in [0.3, 0.4) is 0 Å². The van der Waals surface area contributed by atoms with E-state index in [0.29, 0.717) is 0 Å². The Morgan fingerprint density at radius 2 is 1.64 bits per heavy atom. The van der Waals surface area contributed by atoms with E-state index in [1.54, 1.807) is 7.11 Å². The van der Waals surface area contributed by atoms with Crippen molar-refractivity contribution in [1.29, 1.82) is 0 Å². The molecule has 2 aromatic carbocycles. The van der Waals surface area contributed by atoms with Crippen molar-refractivity contribution in [1.82, 2.24) is 4.72 Å². The lowest BCUT2D eigenvalue weighted by molar-refractivity contribution is 0.00578. The topological polar surface area (TPSA) is 68.8 Å². The lowest BCUT2D eigenvalue weighted by Gasteiger charge is -2.32. The molecule has 1 aliphatic heterocycles. The number of nitrogens with one attached hydrogen (secondary N) is 2. The summed E-state index contributed by atoms with van der Waals surface area (Å²) in [4.78, 5) is 13.8. The minimum absolute atomic E-state index is 0.182. The number of carbonyl (C=O) groups excluding carboxylic acids is 1. The van der Waals surface area contributed by atoms with Crippen LogP contribution in [0.5, 0.6) is 5.75 Å². The number of ether oxygens (including phenoxy) is 1. The highest BCUT2D eigenvalue weighted by Crippen LogP contribution is 2.40. The molecule has 0 bridgehead atoms. The number of benzene rings is 2. The third-order valence-electron chi connectivity index (χ3n) is 8.18. The molecule has 3 aliphatic rings. The number of carbonyl (C=O) groups is 1. The number of hydrogen-bond acceptors (Lipinski definition) is 5. The number of anilines is 1. The third kappa shape index (κ3) is 5.00. The van der Waals surface area contributed by atoms with E-state index in [1.807, 2.05) is 12.1 Å². The maximum Gasteiger partial charge on any atom is 0.458 e. The highest BCUT2D eigenvalue weighted by atomic mass is 32.2. The van der Waals surface area contributed by atoms with Crippen molar-refractivity contribution in [2.45, 2.75) is 95.1 Å². The van der Waals surface area contributed by atoms with Gasteiger partial charge in [-0.3, -0.25) is 4.72 Å². The minimum Gasteiger partial charge on any atom is -0.496 e. The van der Waals surface area contributed by atoms with E-state index in [4.69, 9.17) is 14.0 Å². The third-order valence-corrected chi connectivity index (χ3v) is 8.96. The van der Waals surface area contributed by atoms with Crippen LogP contribution >= 0.6 is 11.9 Å². The Bertz CT molecular complexity index is 1120. The molecule has 0 aromatic heterocycles. The van der Waals surface area contributed by atoms with Crippen LogP contribution in [-0.4, -0.2) is 31.5 Å². The summed E-state index contributed by atoms with van der Waals surface area (Å²) >= 11 is 1.30.